The minimum atomic E-state index is -1.08. The van der Waals surface area contributed by atoms with Gasteiger partial charge in [0, 0.05) is 19.1 Å². The minimum Gasteiger partial charge on any atom is -0.475 e. The van der Waals surface area contributed by atoms with E-state index < -0.39 is 5.97 Å². The van der Waals surface area contributed by atoms with Gasteiger partial charge in [-0.3, -0.25) is 0 Å². The molecule has 0 saturated heterocycles. The van der Waals surface area contributed by atoms with Crippen molar-refractivity contribution in [2.45, 2.75) is 6.54 Å². The molecule has 0 aliphatic rings. The van der Waals surface area contributed by atoms with E-state index in [0.717, 1.165) is 11.4 Å². The second-order valence-electron chi connectivity index (χ2n) is 4.48. The highest BCUT2D eigenvalue weighted by Gasteiger charge is 2.10. The van der Waals surface area contributed by atoms with Crippen molar-refractivity contribution >= 4 is 28.9 Å². The third-order valence-electron chi connectivity index (χ3n) is 2.77. The Balaban J connectivity index is 2.13. The fraction of sp³-hybridized carbons (Fsp3) is 0.214. The van der Waals surface area contributed by atoms with Crippen molar-refractivity contribution in [1.29, 1.82) is 0 Å². The number of aromatic carboxylic acids is 1. The molecular formula is C14H15ClN2O3. The van der Waals surface area contributed by atoms with Gasteiger partial charge in [-0.15, -0.1) is 0 Å². The average Bonchev–Trinajstić information content (AvgIpc) is 2.85. The van der Waals surface area contributed by atoms with Crippen LogP contribution in [0, 0.1) is 0 Å². The summed E-state index contributed by atoms with van der Waals surface area (Å²) < 4.78 is 5.19. The first-order valence-electron chi connectivity index (χ1n) is 6.00. The number of carbonyl (C=O) groups is 1. The molecule has 1 aromatic heterocycles. The van der Waals surface area contributed by atoms with E-state index in [1.807, 2.05) is 37.2 Å². The van der Waals surface area contributed by atoms with Crippen LogP contribution >= 0.6 is 11.6 Å². The van der Waals surface area contributed by atoms with Gasteiger partial charge in [0.05, 0.1) is 17.9 Å². The second kappa shape index (κ2) is 5.88. The van der Waals surface area contributed by atoms with Gasteiger partial charge in [0.2, 0.25) is 5.76 Å². The van der Waals surface area contributed by atoms with Crippen molar-refractivity contribution < 1.29 is 14.3 Å². The zero-order valence-electron chi connectivity index (χ0n) is 11.2. The molecule has 0 unspecified atom stereocenters. The van der Waals surface area contributed by atoms with E-state index in [4.69, 9.17) is 21.1 Å². The van der Waals surface area contributed by atoms with E-state index in [1.165, 1.54) is 6.07 Å². The zero-order chi connectivity index (χ0) is 14.7. The molecular weight excluding hydrogens is 280 g/mol. The lowest BCUT2D eigenvalue weighted by Crippen LogP contribution is -2.12. The van der Waals surface area contributed by atoms with E-state index in [1.54, 1.807) is 6.07 Å². The monoisotopic (exact) mass is 294 g/mol. The molecule has 106 valence electrons. The summed E-state index contributed by atoms with van der Waals surface area (Å²) in [7, 11) is 3.87. The van der Waals surface area contributed by atoms with Crippen LogP contribution in [0.3, 0.4) is 0 Å². The number of carboxylic acids is 1. The maximum atomic E-state index is 10.7. The van der Waals surface area contributed by atoms with E-state index in [0.29, 0.717) is 17.3 Å². The van der Waals surface area contributed by atoms with Gasteiger partial charge in [-0.05, 0) is 30.3 Å². The molecule has 20 heavy (non-hydrogen) atoms. The van der Waals surface area contributed by atoms with E-state index in [9.17, 15) is 4.79 Å². The standard InChI is InChI=1S/C14H15ClN2O3/c1-17(2)12-5-3-9(15)7-11(12)16-8-10-4-6-13(20-10)14(18)19/h3-7,16H,8H2,1-2H3,(H,18,19). The molecule has 0 aliphatic heterocycles. The molecule has 0 bridgehead atoms. The Bertz CT molecular complexity index is 623. The number of furan rings is 1. The first-order valence-corrected chi connectivity index (χ1v) is 6.38. The molecule has 1 heterocycles. The van der Waals surface area contributed by atoms with Crippen LogP contribution in [-0.2, 0) is 6.54 Å². The highest BCUT2D eigenvalue weighted by atomic mass is 35.5. The third-order valence-corrected chi connectivity index (χ3v) is 3.00. The fourth-order valence-electron chi connectivity index (χ4n) is 1.81. The van der Waals surface area contributed by atoms with Gasteiger partial charge in [0.25, 0.3) is 0 Å². The number of hydrogen-bond acceptors (Lipinski definition) is 4. The Hall–Kier alpha value is -2.14. The lowest BCUT2D eigenvalue weighted by Gasteiger charge is -2.18. The quantitative estimate of drug-likeness (QED) is 0.885. The molecule has 6 heteroatoms. The van der Waals surface area contributed by atoms with Crippen molar-refractivity contribution in [2.75, 3.05) is 24.3 Å². The molecule has 0 aliphatic carbocycles. The summed E-state index contributed by atoms with van der Waals surface area (Å²) in [5, 5.41) is 12.6. The van der Waals surface area contributed by atoms with Crippen LogP contribution in [0.25, 0.3) is 0 Å². The Labute approximate surface area is 121 Å². The fourth-order valence-corrected chi connectivity index (χ4v) is 1.98. The third kappa shape index (κ3) is 3.24. The van der Waals surface area contributed by atoms with E-state index in [-0.39, 0.29) is 5.76 Å². The van der Waals surface area contributed by atoms with E-state index in [2.05, 4.69) is 5.32 Å². The number of carboxylic acid groups (broad SMARTS) is 1. The molecule has 2 N–H and O–H groups in total. The van der Waals surface area contributed by atoms with Gasteiger partial charge in [-0.2, -0.15) is 0 Å². The van der Waals surface area contributed by atoms with Crippen LogP contribution in [-0.4, -0.2) is 25.2 Å². The molecule has 0 radical (unpaired) electrons. The van der Waals surface area contributed by atoms with Crippen molar-refractivity contribution in [1.82, 2.24) is 0 Å². The molecule has 0 amide bonds. The SMILES string of the molecule is CN(C)c1ccc(Cl)cc1NCc1ccc(C(=O)O)o1. The molecule has 2 aromatic rings. The Morgan fingerprint density at radius 2 is 2.10 bits per heavy atom. The van der Waals surface area contributed by atoms with Gasteiger partial charge < -0.3 is 19.7 Å². The smallest absolute Gasteiger partial charge is 0.371 e. The summed E-state index contributed by atoms with van der Waals surface area (Å²) in [6.45, 7) is 0.383. The highest BCUT2D eigenvalue weighted by molar-refractivity contribution is 6.31. The van der Waals surface area contributed by atoms with Crippen LogP contribution in [0.5, 0.6) is 0 Å². The molecule has 0 spiro atoms. The highest BCUT2D eigenvalue weighted by Crippen LogP contribution is 2.28. The van der Waals surface area contributed by atoms with Gasteiger partial charge in [0.1, 0.15) is 5.76 Å². The van der Waals surface area contributed by atoms with Crippen LogP contribution in [0.1, 0.15) is 16.3 Å². The van der Waals surface area contributed by atoms with Gasteiger partial charge in [-0.1, -0.05) is 11.6 Å². The number of nitrogens with zero attached hydrogens (tertiary/aromatic N) is 1. The number of halogens is 1. The van der Waals surface area contributed by atoms with Crippen molar-refractivity contribution in [3.8, 4) is 0 Å². The Morgan fingerprint density at radius 3 is 2.70 bits per heavy atom. The Kier molecular flexibility index (Phi) is 4.20. The summed E-state index contributed by atoms with van der Waals surface area (Å²) >= 11 is 5.99. The van der Waals surface area contributed by atoms with Crippen molar-refractivity contribution in [3.63, 3.8) is 0 Å². The van der Waals surface area contributed by atoms with Gasteiger partial charge in [-0.25, -0.2) is 4.79 Å². The number of hydrogen-bond donors (Lipinski definition) is 2. The largest absolute Gasteiger partial charge is 0.475 e. The lowest BCUT2D eigenvalue weighted by atomic mass is 10.2. The summed E-state index contributed by atoms with van der Waals surface area (Å²) in [5.74, 6) is -0.596. The van der Waals surface area contributed by atoms with Crippen LogP contribution in [0.4, 0.5) is 11.4 Å². The average molecular weight is 295 g/mol. The van der Waals surface area contributed by atoms with Crippen molar-refractivity contribution in [3.05, 3.63) is 46.9 Å². The minimum absolute atomic E-state index is 0.0688. The zero-order valence-corrected chi connectivity index (χ0v) is 11.9. The summed E-state index contributed by atoms with van der Waals surface area (Å²) in [6.07, 6.45) is 0. The second-order valence-corrected chi connectivity index (χ2v) is 4.92. The summed E-state index contributed by atoms with van der Waals surface area (Å²) in [6, 6.07) is 8.62. The first-order chi connectivity index (χ1) is 9.47. The predicted octanol–water partition coefficient (Wildman–Crippen LogP) is 3.31. The molecule has 1 aromatic carbocycles. The van der Waals surface area contributed by atoms with Gasteiger partial charge in [0.15, 0.2) is 0 Å². The molecule has 2 rings (SSSR count). The number of anilines is 2. The van der Waals surface area contributed by atoms with Crippen LogP contribution in [0.15, 0.2) is 34.7 Å². The number of benzene rings is 1. The van der Waals surface area contributed by atoms with Crippen LogP contribution < -0.4 is 10.2 Å². The molecule has 0 atom stereocenters. The van der Waals surface area contributed by atoms with E-state index >= 15 is 0 Å². The normalized spacial score (nSPS) is 10.3. The van der Waals surface area contributed by atoms with Gasteiger partial charge >= 0.3 is 5.97 Å². The topological polar surface area (TPSA) is 65.7 Å². The Morgan fingerprint density at radius 1 is 1.35 bits per heavy atom. The van der Waals surface area contributed by atoms with Crippen molar-refractivity contribution in [2.24, 2.45) is 0 Å². The maximum absolute atomic E-state index is 10.7. The molecule has 0 fully saturated rings. The predicted molar refractivity (Wildman–Crippen MR) is 78.8 cm³/mol. The summed E-state index contributed by atoms with van der Waals surface area (Å²) in [4.78, 5) is 12.7. The molecule has 0 saturated carbocycles. The first kappa shape index (κ1) is 14.3. The summed E-state index contributed by atoms with van der Waals surface area (Å²) in [5.41, 5.74) is 1.84. The maximum Gasteiger partial charge on any atom is 0.371 e. The number of rotatable bonds is 5. The molecule has 5 nitrogen and oxygen atoms in total. The number of nitrogens with one attached hydrogen (secondary N) is 1. The van der Waals surface area contributed by atoms with Crippen LogP contribution in [0.2, 0.25) is 5.02 Å². The lowest BCUT2D eigenvalue weighted by molar-refractivity contribution is 0.0660.